The summed E-state index contributed by atoms with van der Waals surface area (Å²) in [5.74, 6) is -0.967. The van der Waals surface area contributed by atoms with E-state index in [0.29, 0.717) is 6.07 Å². The maximum atomic E-state index is 13.3. The Hall–Kier alpha value is -2.42. The molecule has 1 aromatic heterocycles. The fourth-order valence-electron chi connectivity index (χ4n) is 3.17. The van der Waals surface area contributed by atoms with Gasteiger partial charge in [-0.25, -0.2) is 13.2 Å². The largest absolute Gasteiger partial charge is 0.467 e. The topological polar surface area (TPSA) is 89.5 Å². The van der Waals surface area contributed by atoms with E-state index >= 15 is 0 Å². The minimum absolute atomic E-state index is 0.0807. The van der Waals surface area contributed by atoms with Crippen molar-refractivity contribution in [3.8, 4) is 0 Å². The van der Waals surface area contributed by atoms with Gasteiger partial charge in [0.25, 0.3) is 0 Å². The van der Waals surface area contributed by atoms with E-state index in [4.69, 9.17) is 0 Å². The predicted octanol–water partition coefficient (Wildman–Crippen LogP) is 3.17. The van der Waals surface area contributed by atoms with Crippen molar-refractivity contribution in [1.82, 2.24) is 10.2 Å². The summed E-state index contributed by atoms with van der Waals surface area (Å²) in [6.07, 6.45) is -10.3. The molecule has 0 bridgehead atoms. The number of halogens is 6. The summed E-state index contributed by atoms with van der Waals surface area (Å²) in [4.78, 5) is 12.1. The molecule has 15 heteroatoms. The highest BCUT2D eigenvalue weighted by Gasteiger charge is 2.48. The fourth-order valence-corrected chi connectivity index (χ4v) is 5.85. The van der Waals surface area contributed by atoms with Crippen LogP contribution in [0.1, 0.15) is 17.0 Å². The van der Waals surface area contributed by atoms with Gasteiger partial charge in [0, 0.05) is 6.54 Å². The van der Waals surface area contributed by atoms with E-state index in [1.54, 1.807) is 0 Å². The molecular formula is C16H13F6N3O4S2. The number of anilines is 1. The molecule has 0 radical (unpaired) electrons. The minimum Gasteiger partial charge on any atom is -0.467 e. The van der Waals surface area contributed by atoms with E-state index in [0.717, 1.165) is 30.2 Å². The number of nitrogens with zero attached hydrogens (tertiary/aromatic N) is 3. The van der Waals surface area contributed by atoms with E-state index in [1.165, 1.54) is 0 Å². The fraction of sp³-hybridized carbons (Fsp3) is 0.438. The number of aromatic nitrogens is 2. The van der Waals surface area contributed by atoms with Crippen LogP contribution in [0, 0.1) is 0 Å². The van der Waals surface area contributed by atoms with Gasteiger partial charge < -0.3 is 9.64 Å². The van der Waals surface area contributed by atoms with Gasteiger partial charge in [-0.3, -0.25) is 0 Å². The molecule has 3 rings (SSSR count). The molecule has 1 fully saturated rings. The molecule has 1 aromatic carbocycles. The van der Waals surface area contributed by atoms with Gasteiger partial charge in [0.05, 0.1) is 22.8 Å². The molecule has 1 aliphatic heterocycles. The van der Waals surface area contributed by atoms with Gasteiger partial charge in [0.1, 0.15) is 6.04 Å². The molecule has 2 atom stereocenters. The van der Waals surface area contributed by atoms with Gasteiger partial charge in [-0.15, -0.1) is 10.2 Å². The maximum absolute atomic E-state index is 13.3. The van der Waals surface area contributed by atoms with Crippen LogP contribution in [-0.2, 0) is 31.7 Å². The van der Waals surface area contributed by atoms with Crippen molar-refractivity contribution in [2.45, 2.75) is 35.0 Å². The second-order valence-corrected chi connectivity index (χ2v) is 9.63. The third kappa shape index (κ3) is 4.46. The molecule has 0 N–H and O–H groups in total. The lowest BCUT2D eigenvalue weighted by Gasteiger charge is -2.20. The number of rotatable bonds is 4. The number of hydrogen-bond acceptors (Lipinski definition) is 8. The van der Waals surface area contributed by atoms with Gasteiger partial charge in [-0.1, -0.05) is 23.5 Å². The first-order valence-electron chi connectivity index (χ1n) is 8.42. The lowest BCUT2D eigenvalue weighted by molar-refractivity contribution is -0.142. The monoisotopic (exact) mass is 489 g/mol. The van der Waals surface area contributed by atoms with Crippen LogP contribution in [0.15, 0.2) is 29.2 Å². The SMILES string of the molecule is COC(=O)C1C[C@@H](S(=O)(=O)c2ccccc2C(F)(F)F)CN1c1nnc(C(F)(F)F)s1. The van der Waals surface area contributed by atoms with Gasteiger partial charge in [-0.2, -0.15) is 26.3 Å². The number of carbonyl (C=O) groups is 1. The highest BCUT2D eigenvalue weighted by Crippen LogP contribution is 2.40. The van der Waals surface area contributed by atoms with E-state index in [2.05, 4.69) is 14.9 Å². The van der Waals surface area contributed by atoms with Crippen LogP contribution in [0.4, 0.5) is 31.5 Å². The first kappa shape index (κ1) is 23.2. The van der Waals surface area contributed by atoms with Crippen LogP contribution in [0.5, 0.6) is 0 Å². The summed E-state index contributed by atoms with van der Waals surface area (Å²) in [7, 11) is -3.64. The summed E-state index contributed by atoms with van der Waals surface area (Å²) in [6.45, 7) is -0.569. The lowest BCUT2D eigenvalue weighted by Crippen LogP contribution is -2.37. The van der Waals surface area contributed by atoms with Crippen LogP contribution in [0.3, 0.4) is 0 Å². The van der Waals surface area contributed by atoms with E-state index in [9.17, 15) is 39.6 Å². The summed E-state index contributed by atoms with van der Waals surface area (Å²) in [6, 6.07) is 2.18. The van der Waals surface area contributed by atoms with Gasteiger partial charge in [0.15, 0.2) is 9.84 Å². The Bertz CT molecular complexity index is 1080. The standard InChI is InChI=1S/C16H13F6N3O4S2/c1-29-12(26)10-6-8(7-25(10)14-24-23-13(30-14)16(20,21)22)31(27,28)11-5-3-2-4-9(11)15(17,18)19/h2-5,8,10H,6-7H2,1H3/t8-,10?/m1/s1. The third-order valence-corrected chi connectivity index (χ3v) is 7.77. The van der Waals surface area contributed by atoms with Gasteiger partial charge >= 0.3 is 18.3 Å². The van der Waals surface area contributed by atoms with Crippen molar-refractivity contribution >= 4 is 32.3 Å². The molecule has 2 heterocycles. The van der Waals surface area contributed by atoms with E-state index in [-0.39, 0.29) is 11.3 Å². The van der Waals surface area contributed by atoms with Crippen LogP contribution >= 0.6 is 11.3 Å². The average Bonchev–Trinajstić information content (AvgIpc) is 3.34. The molecule has 1 aliphatic rings. The Morgan fingerprint density at radius 2 is 1.77 bits per heavy atom. The molecule has 0 spiro atoms. The average molecular weight is 489 g/mol. The smallest absolute Gasteiger partial charge is 0.445 e. The number of hydrogen-bond donors (Lipinski definition) is 0. The van der Waals surface area contributed by atoms with Crippen LogP contribution in [0.2, 0.25) is 0 Å². The number of esters is 1. The van der Waals surface area contributed by atoms with E-state index < -0.39 is 73.0 Å². The number of alkyl halides is 6. The number of ether oxygens (including phenoxy) is 1. The van der Waals surface area contributed by atoms with Crippen molar-refractivity contribution in [2.24, 2.45) is 0 Å². The second kappa shape index (κ2) is 7.93. The third-order valence-electron chi connectivity index (χ3n) is 4.58. The molecule has 2 aromatic rings. The zero-order chi connectivity index (χ0) is 23.2. The van der Waals surface area contributed by atoms with Crippen molar-refractivity contribution in [3.63, 3.8) is 0 Å². The molecule has 31 heavy (non-hydrogen) atoms. The first-order valence-corrected chi connectivity index (χ1v) is 10.8. The van der Waals surface area contributed by atoms with E-state index in [1.807, 2.05) is 0 Å². The minimum atomic E-state index is -4.95. The van der Waals surface area contributed by atoms with Gasteiger partial charge in [0.2, 0.25) is 10.1 Å². The van der Waals surface area contributed by atoms with Crippen LogP contribution in [-0.4, -0.2) is 49.5 Å². The molecular weight excluding hydrogens is 476 g/mol. The number of sulfone groups is 1. The zero-order valence-corrected chi connectivity index (χ0v) is 17.1. The van der Waals surface area contributed by atoms with Gasteiger partial charge in [-0.05, 0) is 18.6 Å². The maximum Gasteiger partial charge on any atom is 0.445 e. The van der Waals surface area contributed by atoms with Crippen molar-refractivity contribution in [1.29, 1.82) is 0 Å². The highest BCUT2D eigenvalue weighted by atomic mass is 32.2. The highest BCUT2D eigenvalue weighted by molar-refractivity contribution is 7.92. The summed E-state index contributed by atoms with van der Waals surface area (Å²) in [5.41, 5.74) is -1.38. The Balaban J connectivity index is 2.01. The number of methoxy groups -OCH3 is 1. The van der Waals surface area contributed by atoms with Crippen LogP contribution < -0.4 is 4.90 Å². The molecule has 1 saturated heterocycles. The molecule has 0 aliphatic carbocycles. The Morgan fingerprint density at radius 1 is 1.13 bits per heavy atom. The number of carbonyl (C=O) groups excluding carboxylic acids is 1. The Kier molecular flexibility index (Phi) is 5.94. The predicted molar refractivity (Wildman–Crippen MR) is 95.1 cm³/mol. The van der Waals surface area contributed by atoms with Crippen molar-refractivity contribution < 1.29 is 44.3 Å². The normalized spacial score (nSPS) is 20.2. The zero-order valence-electron chi connectivity index (χ0n) is 15.4. The Morgan fingerprint density at radius 3 is 2.32 bits per heavy atom. The summed E-state index contributed by atoms with van der Waals surface area (Å²) >= 11 is 0.0807. The molecule has 1 unspecified atom stereocenters. The van der Waals surface area contributed by atoms with Crippen LogP contribution in [0.25, 0.3) is 0 Å². The molecule has 0 amide bonds. The molecule has 0 saturated carbocycles. The molecule has 170 valence electrons. The quantitative estimate of drug-likeness (QED) is 0.482. The molecule has 7 nitrogen and oxygen atoms in total. The first-order chi connectivity index (χ1) is 14.3. The van der Waals surface area contributed by atoms with Crippen molar-refractivity contribution in [2.75, 3.05) is 18.6 Å². The summed E-state index contributed by atoms with van der Waals surface area (Å²) < 4.78 is 109. The number of benzene rings is 1. The second-order valence-electron chi connectivity index (χ2n) is 6.48. The van der Waals surface area contributed by atoms with Crippen molar-refractivity contribution in [3.05, 3.63) is 34.8 Å². The lowest BCUT2D eigenvalue weighted by atomic mass is 10.2. The summed E-state index contributed by atoms with van der Waals surface area (Å²) in [5, 5.41) is 3.12. The Labute approximate surface area is 175 Å².